The van der Waals surface area contributed by atoms with Gasteiger partial charge in [0.05, 0.1) is 7.11 Å². The largest absolute Gasteiger partial charge is 0.493 e. The third-order valence-electron chi connectivity index (χ3n) is 4.20. The van der Waals surface area contributed by atoms with E-state index in [1.165, 1.54) is 6.33 Å². The monoisotopic (exact) mass is 332 g/mol. The first kappa shape index (κ1) is 16.5. The van der Waals surface area contributed by atoms with Crippen LogP contribution in [0.3, 0.4) is 0 Å². The van der Waals surface area contributed by atoms with Gasteiger partial charge in [0.15, 0.2) is 11.4 Å². The van der Waals surface area contributed by atoms with Gasteiger partial charge in [-0.25, -0.2) is 14.3 Å². The van der Waals surface area contributed by atoms with Gasteiger partial charge in [0.2, 0.25) is 0 Å². The summed E-state index contributed by atoms with van der Waals surface area (Å²) in [6.07, 6.45) is 5.07. The van der Waals surface area contributed by atoms with E-state index in [1.807, 2.05) is 33.0 Å². The summed E-state index contributed by atoms with van der Waals surface area (Å²) in [6, 6.07) is 2.03. The second kappa shape index (κ2) is 6.30. The molecule has 1 aliphatic heterocycles. The number of carbonyl (C=O) groups excluding carboxylic acids is 1. The van der Waals surface area contributed by atoms with Gasteiger partial charge in [0, 0.05) is 19.3 Å². The van der Waals surface area contributed by atoms with E-state index in [0.29, 0.717) is 24.7 Å². The molecule has 1 fully saturated rings. The molecule has 24 heavy (non-hydrogen) atoms. The van der Waals surface area contributed by atoms with Crippen molar-refractivity contribution in [1.82, 2.24) is 19.5 Å². The summed E-state index contributed by atoms with van der Waals surface area (Å²) in [6.45, 7) is 7.04. The highest BCUT2D eigenvalue weighted by Crippen LogP contribution is 2.31. The van der Waals surface area contributed by atoms with Crippen LogP contribution >= 0.6 is 0 Å². The summed E-state index contributed by atoms with van der Waals surface area (Å²) in [5, 5.41) is 4.21. The fourth-order valence-corrected chi connectivity index (χ4v) is 3.01. The number of hydrogen-bond donors (Lipinski definition) is 0. The molecule has 0 aliphatic carbocycles. The van der Waals surface area contributed by atoms with Crippen molar-refractivity contribution in [2.75, 3.05) is 20.2 Å². The second-order valence-electron chi connectivity index (χ2n) is 7.11. The van der Waals surface area contributed by atoms with Gasteiger partial charge in [0.25, 0.3) is 0 Å². The molecule has 0 radical (unpaired) electrons. The van der Waals surface area contributed by atoms with Crippen molar-refractivity contribution in [1.29, 1.82) is 0 Å². The van der Waals surface area contributed by atoms with E-state index in [-0.39, 0.29) is 6.09 Å². The molecular weight excluding hydrogens is 308 g/mol. The average Bonchev–Trinajstić information content (AvgIpc) is 3.01. The average molecular weight is 332 g/mol. The summed E-state index contributed by atoms with van der Waals surface area (Å²) >= 11 is 0. The van der Waals surface area contributed by atoms with E-state index in [0.717, 1.165) is 24.2 Å². The number of pyridine rings is 1. The summed E-state index contributed by atoms with van der Waals surface area (Å²) in [7, 11) is 1.64. The third kappa shape index (κ3) is 3.44. The molecule has 1 aliphatic rings. The fourth-order valence-electron chi connectivity index (χ4n) is 3.01. The molecular formula is C17H24N4O3. The van der Waals surface area contributed by atoms with Gasteiger partial charge in [-0.15, -0.1) is 0 Å². The second-order valence-corrected chi connectivity index (χ2v) is 7.11. The minimum atomic E-state index is -0.459. The molecule has 2 aromatic rings. The molecule has 0 aromatic carbocycles. The molecule has 0 spiro atoms. The van der Waals surface area contributed by atoms with Crippen LogP contribution in [0.2, 0.25) is 0 Å². The van der Waals surface area contributed by atoms with Crippen LogP contribution in [0, 0.1) is 0 Å². The highest BCUT2D eigenvalue weighted by molar-refractivity contribution is 5.68. The van der Waals surface area contributed by atoms with Crippen molar-refractivity contribution >= 4 is 11.7 Å². The van der Waals surface area contributed by atoms with Gasteiger partial charge < -0.3 is 14.4 Å². The lowest BCUT2D eigenvalue weighted by Crippen LogP contribution is -2.41. The molecule has 0 unspecified atom stereocenters. The predicted molar refractivity (Wildman–Crippen MR) is 89.3 cm³/mol. The summed E-state index contributed by atoms with van der Waals surface area (Å²) < 4.78 is 12.6. The topological polar surface area (TPSA) is 69.0 Å². The number of ether oxygens (including phenoxy) is 2. The lowest BCUT2D eigenvalue weighted by Gasteiger charge is -2.33. The summed E-state index contributed by atoms with van der Waals surface area (Å²) in [5.41, 5.74) is 1.42. The maximum absolute atomic E-state index is 12.2. The molecule has 130 valence electrons. The molecule has 0 saturated carbocycles. The van der Waals surface area contributed by atoms with E-state index < -0.39 is 5.60 Å². The first-order chi connectivity index (χ1) is 11.4. The van der Waals surface area contributed by atoms with Gasteiger partial charge in [0.1, 0.15) is 11.9 Å². The normalized spacial score (nSPS) is 16.4. The zero-order chi connectivity index (χ0) is 17.3. The standard InChI is InChI=1S/C17H24N4O3/c1-17(2,3)24-16(22)20-7-5-12(6-8-20)13-9-14(23-4)15-18-11-19-21(15)10-13/h9-12H,5-8H2,1-4H3. The number of fused-ring (bicyclic) bond motifs is 1. The molecule has 0 atom stereocenters. The first-order valence-corrected chi connectivity index (χ1v) is 8.22. The van der Waals surface area contributed by atoms with Gasteiger partial charge in [-0.05, 0) is 51.2 Å². The molecule has 7 nitrogen and oxygen atoms in total. The van der Waals surface area contributed by atoms with Crippen molar-refractivity contribution in [3.05, 3.63) is 24.2 Å². The van der Waals surface area contributed by atoms with Crippen molar-refractivity contribution in [3.63, 3.8) is 0 Å². The lowest BCUT2D eigenvalue weighted by molar-refractivity contribution is 0.0204. The van der Waals surface area contributed by atoms with Gasteiger partial charge >= 0.3 is 6.09 Å². The maximum atomic E-state index is 12.2. The van der Waals surface area contributed by atoms with Crippen LogP contribution < -0.4 is 4.74 Å². The molecule has 1 amide bonds. The zero-order valence-electron chi connectivity index (χ0n) is 14.7. The Kier molecular flexibility index (Phi) is 4.34. The first-order valence-electron chi connectivity index (χ1n) is 8.22. The molecule has 2 aromatic heterocycles. The zero-order valence-corrected chi connectivity index (χ0v) is 14.7. The third-order valence-corrected chi connectivity index (χ3v) is 4.20. The SMILES string of the molecule is COc1cc(C2CCN(C(=O)OC(C)(C)C)CC2)cn2ncnc12. The molecule has 7 heteroatoms. The van der Waals surface area contributed by atoms with Crippen molar-refractivity contribution in [2.45, 2.75) is 45.1 Å². The number of hydrogen-bond acceptors (Lipinski definition) is 5. The highest BCUT2D eigenvalue weighted by atomic mass is 16.6. The van der Waals surface area contributed by atoms with Crippen molar-refractivity contribution in [2.24, 2.45) is 0 Å². The van der Waals surface area contributed by atoms with Crippen LogP contribution in [0.25, 0.3) is 5.65 Å². The molecule has 3 rings (SSSR count). The number of methoxy groups -OCH3 is 1. The number of amides is 1. The van der Waals surface area contributed by atoms with Crippen LogP contribution in [0.15, 0.2) is 18.6 Å². The van der Waals surface area contributed by atoms with E-state index in [4.69, 9.17) is 9.47 Å². The minimum Gasteiger partial charge on any atom is -0.493 e. The molecule has 0 N–H and O–H groups in total. The number of nitrogens with zero attached hydrogens (tertiary/aromatic N) is 4. The number of rotatable bonds is 2. The van der Waals surface area contributed by atoms with Crippen LogP contribution in [-0.4, -0.2) is 51.4 Å². The minimum absolute atomic E-state index is 0.231. The van der Waals surface area contributed by atoms with Crippen LogP contribution in [-0.2, 0) is 4.74 Å². The van der Waals surface area contributed by atoms with E-state index in [9.17, 15) is 4.79 Å². The Morgan fingerprint density at radius 2 is 2.00 bits per heavy atom. The van der Waals surface area contributed by atoms with Crippen molar-refractivity contribution in [3.8, 4) is 5.75 Å². The Morgan fingerprint density at radius 3 is 2.62 bits per heavy atom. The number of carbonyl (C=O) groups is 1. The Morgan fingerprint density at radius 1 is 1.29 bits per heavy atom. The van der Waals surface area contributed by atoms with Crippen LogP contribution in [0.1, 0.15) is 45.1 Å². The molecule has 3 heterocycles. The number of aromatic nitrogens is 3. The maximum Gasteiger partial charge on any atom is 0.410 e. The Labute approximate surface area is 141 Å². The quantitative estimate of drug-likeness (QED) is 0.846. The Hall–Kier alpha value is -2.31. The van der Waals surface area contributed by atoms with E-state index >= 15 is 0 Å². The van der Waals surface area contributed by atoms with Gasteiger partial charge in [-0.2, -0.15) is 5.10 Å². The molecule has 1 saturated heterocycles. The van der Waals surface area contributed by atoms with E-state index in [1.54, 1.807) is 16.5 Å². The smallest absolute Gasteiger partial charge is 0.410 e. The highest BCUT2D eigenvalue weighted by Gasteiger charge is 2.28. The number of likely N-dealkylation sites (tertiary alicyclic amines) is 1. The summed E-state index contributed by atoms with van der Waals surface area (Å²) in [5.74, 6) is 1.09. The van der Waals surface area contributed by atoms with Crippen LogP contribution in [0.4, 0.5) is 4.79 Å². The predicted octanol–water partition coefficient (Wildman–Crippen LogP) is 2.85. The van der Waals surface area contributed by atoms with Gasteiger partial charge in [-0.1, -0.05) is 0 Å². The van der Waals surface area contributed by atoms with Crippen LogP contribution in [0.5, 0.6) is 5.75 Å². The van der Waals surface area contributed by atoms with Crippen molar-refractivity contribution < 1.29 is 14.3 Å². The Bertz CT molecular complexity index is 727. The number of piperidine rings is 1. The van der Waals surface area contributed by atoms with Gasteiger partial charge in [-0.3, -0.25) is 0 Å². The Balaban J connectivity index is 1.70. The van der Waals surface area contributed by atoms with E-state index in [2.05, 4.69) is 10.1 Å². The fraction of sp³-hybridized carbons (Fsp3) is 0.588. The molecule has 0 bridgehead atoms. The lowest BCUT2D eigenvalue weighted by atomic mass is 9.90. The summed E-state index contributed by atoms with van der Waals surface area (Å²) in [4.78, 5) is 18.1.